The van der Waals surface area contributed by atoms with Crippen molar-refractivity contribution in [3.8, 4) is 11.3 Å². The number of aromatic amines is 1. The van der Waals surface area contributed by atoms with Gasteiger partial charge in [0.1, 0.15) is 5.65 Å². The number of fused-ring (bicyclic) bond motifs is 1. The molecule has 0 radical (unpaired) electrons. The second kappa shape index (κ2) is 7.60. The van der Waals surface area contributed by atoms with Crippen molar-refractivity contribution in [2.75, 3.05) is 18.4 Å². The average Bonchev–Trinajstić information content (AvgIpc) is 3.34. The van der Waals surface area contributed by atoms with Gasteiger partial charge in [0.25, 0.3) is 0 Å². The van der Waals surface area contributed by atoms with E-state index < -0.39 is 0 Å². The number of anilines is 2. The van der Waals surface area contributed by atoms with E-state index in [9.17, 15) is 4.79 Å². The molecule has 9 nitrogen and oxygen atoms in total. The summed E-state index contributed by atoms with van der Waals surface area (Å²) in [6.45, 7) is 3.95. The van der Waals surface area contributed by atoms with E-state index in [1.54, 1.807) is 6.20 Å². The van der Waals surface area contributed by atoms with Crippen LogP contribution in [0.5, 0.6) is 0 Å². The number of benzene rings is 1. The van der Waals surface area contributed by atoms with E-state index in [-0.39, 0.29) is 11.8 Å². The third kappa shape index (κ3) is 3.62. The minimum atomic E-state index is 0.0806. The molecule has 1 saturated heterocycles. The lowest BCUT2D eigenvalue weighted by Gasteiger charge is -2.25. The van der Waals surface area contributed by atoms with E-state index in [1.165, 1.54) is 0 Å². The first-order chi connectivity index (χ1) is 14.7. The standard InChI is InChI=1S/C21H22N8O/c1-13-7-18(28-27-13)26-21-25-17(9-19-23-5-6-29(19)21)15-4-2-3-14(8-15)10-24-20(30)16-11-22-12-16/h2-9,16,22H,10-12H2,1H3,(H,24,30)(H2,25,26,27,28). The highest BCUT2D eigenvalue weighted by Crippen LogP contribution is 2.24. The third-order valence-corrected chi connectivity index (χ3v) is 5.18. The molecule has 1 aliphatic heterocycles. The number of imidazole rings is 1. The number of nitrogens with zero attached hydrogens (tertiary/aromatic N) is 4. The van der Waals surface area contributed by atoms with Crippen LogP contribution in [-0.2, 0) is 11.3 Å². The van der Waals surface area contributed by atoms with E-state index in [1.807, 2.05) is 53.9 Å². The summed E-state index contributed by atoms with van der Waals surface area (Å²) in [6, 6.07) is 11.9. The van der Waals surface area contributed by atoms with E-state index in [4.69, 9.17) is 4.98 Å². The van der Waals surface area contributed by atoms with Crippen LogP contribution in [0, 0.1) is 12.8 Å². The van der Waals surface area contributed by atoms with Crippen molar-refractivity contribution < 1.29 is 4.79 Å². The molecule has 0 saturated carbocycles. The molecule has 152 valence electrons. The van der Waals surface area contributed by atoms with Crippen LogP contribution >= 0.6 is 0 Å². The lowest BCUT2D eigenvalue weighted by atomic mass is 10.0. The van der Waals surface area contributed by atoms with Gasteiger partial charge >= 0.3 is 0 Å². The number of hydrogen-bond donors (Lipinski definition) is 4. The first kappa shape index (κ1) is 18.3. The van der Waals surface area contributed by atoms with Gasteiger partial charge in [-0.15, -0.1) is 0 Å². The zero-order chi connectivity index (χ0) is 20.5. The molecule has 1 aromatic carbocycles. The Kier molecular flexibility index (Phi) is 4.64. The van der Waals surface area contributed by atoms with Gasteiger partial charge in [-0.3, -0.25) is 14.3 Å². The zero-order valence-corrected chi connectivity index (χ0v) is 16.5. The van der Waals surface area contributed by atoms with Crippen molar-refractivity contribution in [3.63, 3.8) is 0 Å². The third-order valence-electron chi connectivity index (χ3n) is 5.18. The summed E-state index contributed by atoms with van der Waals surface area (Å²) in [5, 5.41) is 16.5. The first-order valence-electron chi connectivity index (χ1n) is 9.86. The van der Waals surface area contributed by atoms with Gasteiger partial charge in [0.2, 0.25) is 11.9 Å². The van der Waals surface area contributed by atoms with Gasteiger partial charge < -0.3 is 16.0 Å². The Labute approximate surface area is 172 Å². The highest BCUT2D eigenvalue weighted by molar-refractivity contribution is 5.80. The maximum Gasteiger partial charge on any atom is 0.225 e. The Morgan fingerprint density at radius 2 is 2.17 bits per heavy atom. The van der Waals surface area contributed by atoms with Crippen LogP contribution in [-0.4, -0.2) is 43.6 Å². The number of aromatic nitrogens is 5. The average molecular weight is 402 g/mol. The van der Waals surface area contributed by atoms with Crippen molar-refractivity contribution >= 4 is 23.3 Å². The summed E-state index contributed by atoms with van der Waals surface area (Å²) in [4.78, 5) is 21.3. The van der Waals surface area contributed by atoms with Gasteiger partial charge in [0.15, 0.2) is 5.82 Å². The van der Waals surface area contributed by atoms with Crippen LogP contribution < -0.4 is 16.0 Å². The van der Waals surface area contributed by atoms with Crippen molar-refractivity contribution in [3.05, 3.63) is 60.0 Å². The maximum absolute atomic E-state index is 12.1. The normalized spacial score (nSPS) is 13.9. The largest absolute Gasteiger partial charge is 0.352 e. The lowest BCUT2D eigenvalue weighted by Crippen LogP contribution is -2.50. The van der Waals surface area contributed by atoms with Crippen molar-refractivity contribution in [1.82, 2.24) is 35.2 Å². The Morgan fingerprint density at radius 1 is 1.27 bits per heavy atom. The van der Waals surface area contributed by atoms with Gasteiger partial charge in [-0.2, -0.15) is 5.10 Å². The lowest BCUT2D eigenvalue weighted by molar-refractivity contribution is -0.126. The monoisotopic (exact) mass is 402 g/mol. The Hall–Kier alpha value is -3.72. The molecule has 4 N–H and O–H groups in total. The van der Waals surface area contributed by atoms with E-state index in [0.717, 1.165) is 41.3 Å². The fourth-order valence-electron chi connectivity index (χ4n) is 3.40. The number of aryl methyl sites for hydroxylation is 1. The number of amides is 1. The summed E-state index contributed by atoms with van der Waals surface area (Å²) in [6.07, 6.45) is 3.60. The number of carbonyl (C=O) groups is 1. The van der Waals surface area contributed by atoms with Gasteiger partial charge in [-0.25, -0.2) is 9.97 Å². The summed E-state index contributed by atoms with van der Waals surface area (Å²) in [5.41, 5.74) is 4.52. The topological polar surface area (TPSA) is 112 Å². The van der Waals surface area contributed by atoms with Crippen LogP contribution in [0.15, 0.2) is 48.8 Å². The Bertz CT molecular complexity index is 1210. The van der Waals surface area contributed by atoms with Gasteiger partial charge in [-0.05, 0) is 18.6 Å². The fourth-order valence-corrected chi connectivity index (χ4v) is 3.40. The minimum absolute atomic E-state index is 0.0806. The molecular formula is C21H22N8O. The molecule has 5 rings (SSSR count). The highest BCUT2D eigenvalue weighted by atomic mass is 16.2. The molecule has 1 amide bonds. The van der Waals surface area contributed by atoms with Crippen molar-refractivity contribution in [2.24, 2.45) is 5.92 Å². The maximum atomic E-state index is 12.1. The van der Waals surface area contributed by atoms with Crippen LogP contribution in [0.1, 0.15) is 11.3 Å². The fraction of sp³-hybridized carbons (Fsp3) is 0.238. The molecule has 0 spiro atoms. The predicted molar refractivity (Wildman–Crippen MR) is 113 cm³/mol. The molecule has 0 atom stereocenters. The van der Waals surface area contributed by atoms with E-state index in [0.29, 0.717) is 18.3 Å². The molecule has 0 unspecified atom stereocenters. The van der Waals surface area contributed by atoms with Crippen LogP contribution in [0.25, 0.3) is 16.9 Å². The van der Waals surface area contributed by atoms with Crippen LogP contribution in [0.4, 0.5) is 11.8 Å². The quantitative estimate of drug-likeness (QED) is 0.393. The number of hydrogen-bond acceptors (Lipinski definition) is 6. The second-order valence-corrected chi connectivity index (χ2v) is 7.45. The van der Waals surface area contributed by atoms with Crippen LogP contribution in [0.3, 0.4) is 0 Å². The van der Waals surface area contributed by atoms with Crippen LogP contribution in [0.2, 0.25) is 0 Å². The molecule has 0 bridgehead atoms. The summed E-state index contributed by atoms with van der Waals surface area (Å²) >= 11 is 0. The number of rotatable bonds is 6. The number of carbonyl (C=O) groups excluding carboxylic acids is 1. The zero-order valence-electron chi connectivity index (χ0n) is 16.5. The highest BCUT2D eigenvalue weighted by Gasteiger charge is 2.24. The molecule has 3 aromatic heterocycles. The number of nitrogens with one attached hydrogen (secondary N) is 4. The van der Waals surface area contributed by atoms with E-state index >= 15 is 0 Å². The molecule has 4 aromatic rings. The van der Waals surface area contributed by atoms with E-state index in [2.05, 4.69) is 31.1 Å². The van der Waals surface area contributed by atoms with Gasteiger partial charge in [0.05, 0.1) is 11.6 Å². The molecular weight excluding hydrogens is 380 g/mol. The van der Waals surface area contributed by atoms with Crippen molar-refractivity contribution in [2.45, 2.75) is 13.5 Å². The molecule has 1 fully saturated rings. The predicted octanol–water partition coefficient (Wildman–Crippen LogP) is 2.01. The molecule has 0 aliphatic carbocycles. The second-order valence-electron chi connectivity index (χ2n) is 7.45. The summed E-state index contributed by atoms with van der Waals surface area (Å²) in [7, 11) is 0. The first-order valence-corrected chi connectivity index (χ1v) is 9.86. The Balaban J connectivity index is 1.42. The van der Waals surface area contributed by atoms with Gasteiger partial charge in [0, 0.05) is 55.4 Å². The summed E-state index contributed by atoms with van der Waals surface area (Å²) in [5.74, 6) is 1.49. The molecule has 9 heteroatoms. The minimum Gasteiger partial charge on any atom is -0.352 e. The SMILES string of the molecule is Cc1cc(Nc2nc(-c3cccc(CNC(=O)C4CNC4)c3)cc3nccn23)n[nH]1. The van der Waals surface area contributed by atoms with Gasteiger partial charge in [-0.1, -0.05) is 18.2 Å². The molecule has 4 heterocycles. The molecule has 30 heavy (non-hydrogen) atoms. The van der Waals surface area contributed by atoms with Crippen molar-refractivity contribution in [1.29, 1.82) is 0 Å². The summed E-state index contributed by atoms with van der Waals surface area (Å²) < 4.78 is 1.88. The smallest absolute Gasteiger partial charge is 0.225 e. The Morgan fingerprint density at radius 3 is 2.93 bits per heavy atom. The number of H-pyrrole nitrogens is 1. The molecule has 1 aliphatic rings.